The Balaban J connectivity index is 2.33. The number of carbonyl (C=O) groups excluding carboxylic acids is 1. The fraction of sp³-hybridized carbons (Fsp3) is 0.231. The lowest BCUT2D eigenvalue weighted by molar-refractivity contribution is 0.0991. The van der Waals surface area contributed by atoms with Gasteiger partial charge in [0.05, 0.1) is 27.9 Å². The van der Waals surface area contributed by atoms with Gasteiger partial charge in [-0.1, -0.05) is 34.8 Å². The van der Waals surface area contributed by atoms with Crippen LogP contribution in [0.5, 0.6) is 0 Å². The van der Waals surface area contributed by atoms with Gasteiger partial charge in [-0.05, 0) is 25.1 Å². The van der Waals surface area contributed by atoms with Crippen LogP contribution in [0.4, 0.5) is 0 Å². The zero-order chi connectivity index (χ0) is 14.2. The van der Waals surface area contributed by atoms with E-state index in [1.54, 1.807) is 36.9 Å². The van der Waals surface area contributed by atoms with Crippen molar-refractivity contribution in [3.63, 3.8) is 0 Å². The van der Waals surface area contributed by atoms with E-state index >= 15 is 0 Å². The third kappa shape index (κ3) is 2.94. The minimum absolute atomic E-state index is 0.135. The minimum atomic E-state index is -0.141. The summed E-state index contributed by atoms with van der Waals surface area (Å²) in [6, 6.07) is 4.80. The molecule has 0 atom stereocenters. The molecule has 100 valence electrons. The molecule has 0 aliphatic heterocycles. The van der Waals surface area contributed by atoms with Gasteiger partial charge in [-0.25, -0.2) is 0 Å². The van der Waals surface area contributed by atoms with Crippen molar-refractivity contribution in [1.29, 1.82) is 0 Å². The Morgan fingerprint density at radius 3 is 2.58 bits per heavy atom. The summed E-state index contributed by atoms with van der Waals surface area (Å²) in [6.45, 7) is 1.79. The predicted molar refractivity (Wildman–Crippen MR) is 77.5 cm³/mol. The number of ketones is 1. The summed E-state index contributed by atoms with van der Waals surface area (Å²) in [6.07, 6.45) is 0.135. The van der Waals surface area contributed by atoms with Crippen molar-refractivity contribution in [1.82, 2.24) is 9.78 Å². The van der Waals surface area contributed by atoms with Gasteiger partial charge in [0.25, 0.3) is 0 Å². The van der Waals surface area contributed by atoms with Gasteiger partial charge in [-0.3, -0.25) is 9.48 Å². The van der Waals surface area contributed by atoms with Gasteiger partial charge in [0, 0.05) is 17.6 Å². The standard InChI is InChI=1S/C13H11Cl3N2O/c1-7-13(16)11(18(2)17-7)6-12(19)9-5-8(14)3-4-10(9)15/h3-5H,6H2,1-2H3. The molecule has 2 rings (SSSR count). The summed E-state index contributed by atoms with van der Waals surface area (Å²) < 4.78 is 1.61. The van der Waals surface area contributed by atoms with E-state index in [2.05, 4.69) is 5.10 Å². The monoisotopic (exact) mass is 316 g/mol. The van der Waals surface area contributed by atoms with Crippen LogP contribution in [0.1, 0.15) is 21.7 Å². The topological polar surface area (TPSA) is 34.9 Å². The number of hydrogen-bond acceptors (Lipinski definition) is 2. The summed E-state index contributed by atoms with van der Waals surface area (Å²) in [5, 5.41) is 5.53. The molecule has 0 bridgehead atoms. The van der Waals surface area contributed by atoms with Crippen LogP contribution in [-0.4, -0.2) is 15.6 Å². The Kier molecular flexibility index (Phi) is 4.19. The second-order valence-corrected chi connectivity index (χ2v) is 5.42. The average molecular weight is 318 g/mol. The maximum atomic E-state index is 12.3. The van der Waals surface area contributed by atoms with Gasteiger partial charge in [-0.15, -0.1) is 0 Å². The molecule has 0 fully saturated rings. The SMILES string of the molecule is Cc1nn(C)c(CC(=O)c2cc(Cl)ccc2Cl)c1Cl. The van der Waals surface area contributed by atoms with E-state index in [1.165, 1.54) is 0 Å². The molecule has 1 heterocycles. The zero-order valence-corrected chi connectivity index (χ0v) is 12.6. The number of aryl methyl sites for hydroxylation is 2. The molecule has 0 spiro atoms. The highest BCUT2D eigenvalue weighted by Gasteiger charge is 2.18. The average Bonchev–Trinajstić information content (AvgIpc) is 2.59. The van der Waals surface area contributed by atoms with E-state index in [-0.39, 0.29) is 12.2 Å². The second kappa shape index (κ2) is 5.53. The lowest BCUT2D eigenvalue weighted by Crippen LogP contribution is -2.09. The summed E-state index contributed by atoms with van der Waals surface area (Å²) in [5.41, 5.74) is 1.76. The van der Waals surface area contributed by atoms with Crippen molar-refractivity contribution >= 4 is 40.6 Å². The molecule has 1 aromatic carbocycles. The highest BCUT2D eigenvalue weighted by Crippen LogP contribution is 2.25. The van der Waals surface area contributed by atoms with E-state index in [1.807, 2.05) is 0 Å². The Morgan fingerprint density at radius 1 is 1.32 bits per heavy atom. The number of benzene rings is 1. The number of carbonyl (C=O) groups is 1. The maximum Gasteiger partial charge on any atom is 0.170 e. The van der Waals surface area contributed by atoms with Crippen molar-refractivity contribution in [2.45, 2.75) is 13.3 Å². The molecule has 19 heavy (non-hydrogen) atoms. The Hall–Kier alpha value is -1.03. The van der Waals surface area contributed by atoms with E-state index in [0.717, 1.165) is 0 Å². The van der Waals surface area contributed by atoms with Gasteiger partial charge in [0.2, 0.25) is 0 Å². The Morgan fingerprint density at radius 2 is 2.00 bits per heavy atom. The normalized spacial score (nSPS) is 10.8. The van der Waals surface area contributed by atoms with Crippen molar-refractivity contribution in [3.05, 3.63) is 50.2 Å². The van der Waals surface area contributed by atoms with Crippen LogP contribution in [-0.2, 0) is 13.5 Å². The van der Waals surface area contributed by atoms with Crippen LogP contribution in [0.25, 0.3) is 0 Å². The number of halogens is 3. The molecule has 1 aromatic heterocycles. The van der Waals surface area contributed by atoms with Crippen molar-refractivity contribution in [3.8, 4) is 0 Å². The van der Waals surface area contributed by atoms with Gasteiger partial charge in [0.15, 0.2) is 5.78 Å². The quantitative estimate of drug-likeness (QED) is 0.798. The molecule has 3 nitrogen and oxygen atoms in total. The molecule has 0 saturated carbocycles. The van der Waals surface area contributed by atoms with Gasteiger partial charge in [-0.2, -0.15) is 5.10 Å². The molecular weight excluding hydrogens is 307 g/mol. The largest absolute Gasteiger partial charge is 0.294 e. The first-order valence-electron chi connectivity index (χ1n) is 5.56. The third-order valence-electron chi connectivity index (χ3n) is 2.82. The smallest absolute Gasteiger partial charge is 0.170 e. The van der Waals surface area contributed by atoms with Crippen molar-refractivity contribution in [2.24, 2.45) is 7.05 Å². The van der Waals surface area contributed by atoms with Crippen LogP contribution in [0, 0.1) is 6.92 Å². The molecule has 0 aliphatic carbocycles. The van der Waals surface area contributed by atoms with Crippen LogP contribution >= 0.6 is 34.8 Å². The summed E-state index contributed by atoms with van der Waals surface area (Å²) in [7, 11) is 1.75. The molecule has 0 amide bonds. The fourth-order valence-corrected chi connectivity index (χ4v) is 2.45. The van der Waals surface area contributed by atoms with E-state index in [9.17, 15) is 4.79 Å². The van der Waals surface area contributed by atoms with E-state index < -0.39 is 0 Å². The first-order chi connectivity index (χ1) is 8.90. The molecule has 0 aliphatic rings. The predicted octanol–water partition coefficient (Wildman–Crippen LogP) is 4.11. The minimum Gasteiger partial charge on any atom is -0.294 e. The van der Waals surface area contributed by atoms with Crippen molar-refractivity contribution in [2.75, 3.05) is 0 Å². The summed E-state index contributed by atoms with van der Waals surface area (Å²) in [4.78, 5) is 12.3. The number of hydrogen-bond donors (Lipinski definition) is 0. The van der Waals surface area contributed by atoms with Crippen molar-refractivity contribution < 1.29 is 4.79 Å². The summed E-state index contributed by atoms with van der Waals surface area (Å²) in [5.74, 6) is -0.141. The zero-order valence-electron chi connectivity index (χ0n) is 10.4. The van der Waals surface area contributed by atoms with E-state index in [4.69, 9.17) is 34.8 Å². The summed E-state index contributed by atoms with van der Waals surface area (Å²) >= 11 is 18.0. The molecule has 0 N–H and O–H groups in total. The van der Waals surface area contributed by atoms with Crippen LogP contribution in [0.15, 0.2) is 18.2 Å². The molecule has 0 radical (unpaired) electrons. The molecule has 2 aromatic rings. The Labute approximate surface area is 126 Å². The molecule has 6 heteroatoms. The van der Waals surface area contributed by atoms with Crippen LogP contribution in [0.3, 0.4) is 0 Å². The first kappa shape index (κ1) is 14.4. The molecular formula is C13H11Cl3N2O. The number of aromatic nitrogens is 2. The number of Topliss-reactive ketones (excluding diaryl/α,β-unsaturated/α-hetero) is 1. The lowest BCUT2D eigenvalue weighted by atomic mass is 10.1. The van der Waals surface area contributed by atoms with Gasteiger partial charge < -0.3 is 0 Å². The molecule has 0 saturated heterocycles. The van der Waals surface area contributed by atoms with E-state index in [0.29, 0.717) is 32.0 Å². The highest BCUT2D eigenvalue weighted by molar-refractivity contribution is 6.36. The Bertz CT molecular complexity index is 650. The highest BCUT2D eigenvalue weighted by atomic mass is 35.5. The first-order valence-corrected chi connectivity index (χ1v) is 6.69. The maximum absolute atomic E-state index is 12.3. The van der Waals surface area contributed by atoms with Gasteiger partial charge >= 0.3 is 0 Å². The van der Waals surface area contributed by atoms with Crippen LogP contribution in [0.2, 0.25) is 15.1 Å². The molecule has 0 unspecified atom stereocenters. The fourth-order valence-electron chi connectivity index (χ4n) is 1.83. The number of nitrogens with zero attached hydrogens (tertiary/aromatic N) is 2. The van der Waals surface area contributed by atoms with Gasteiger partial charge in [0.1, 0.15) is 0 Å². The third-order valence-corrected chi connectivity index (χ3v) is 3.87. The number of rotatable bonds is 3. The van der Waals surface area contributed by atoms with Crippen LogP contribution < -0.4 is 0 Å². The lowest BCUT2D eigenvalue weighted by Gasteiger charge is -2.05. The second-order valence-electron chi connectivity index (χ2n) is 4.19.